The van der Waals surface area contributed by atoms with Crippen LogP contribution in [0.15, 0.2) is 30.7 Å². The average Bonchev–Trinajstić information content (AvgIpc) is 3.03. The van der Waals surface area contributed by atoms with Crippen molar-refractivity contribution in [2.75, 3.05) is 43.4 Å². The maximum absolute atomic E-state index is 12.3. The number of nitrogens with one attached hydrogen (secondary N) is 1. The summed E-state index contributed by atoms with van der Waals surface area (Å²) in [7, 11) is 2.07. The molecule has 2 aromatic heterocycles. The van der Waals surface area contributed by atoms with Gasteiger partial charge < -0.3 is 15.1 Å². The quantitative estimate of drug-likeness (QED) is 0.892. The summed E-state index contributed by atoms with van der Waals surface area (Å²) in [5, 5.41) is 6.16. The number of anilines is 2. The lowest BCUT2D eigenvalue weighted by molar-refractivity contribution is -0.142. The molecule has 1 aliphatic heterocycles. The second-order valence-electron chi connectivity index (χ2n) is 6.19. The number of aromatic nitrogens is 3. The molecule has 3 heterocycles. The van der Waals surface area contributed by atoms with Gasteiger partial charge in [0.05, 0.1) is 23.6 Å². The van der Waals surface area contributed by atoms with Crippen molar-refractivity contribution in [2.24, 2.45) is 0 Å². The van der Waals surface area contributed by atoms with E-state index in [1.54, 1.807) is 6.07 Å². The zero-order valence-corrected chi connectivity index (χ0v) is 14.2. The number of halogens is 3. The molecule has 1 N–H and O–H groups in total. The van der Waals surface area contributed by atoms with Crippen molar-refractivity contribution in [1.82, 2.24) is 19.7 Å². The first kappa shape index (κ1) is 18.2. The molecule has 140 valence electrons. The Morgan fingerprint density at radius 2 is 1.92 bits per heavy atom. The topological polar surface area (TPSA) is 66.3 Å². The molecule has 0 atom stereocenters. The largest absolute Gasteiger partial charge is 0.408 e. The summed E-state index contributed by atoms with van der Waals surface area (Å²) in [5.41, 5.74) is 0.522. The second kappa shape index (κ2) is 7.32. The lowest BCUT2D eigenvalue weighted by Crippen LogP contribution is -2.44. The molecule has 3 rings (SSSR count). The fourth-order valence-electron chi connectivity index (χ4n) is 2.64. The molecule has 0 spiro atoms. The summed E-state index contributed by atoms with van der Waals surface area (Å²) in [6.45, 7) is 2.45. The molecule has 1 fully saturated rings. The van der Waals surface area contributed by atoms with Crippen molar-refractivity contribution in [3.8, 4) is 0 Å². The Hall–Kier alpha value is -2.62. The van der Waals surface area contributed by atoms with Crippen LogP contribution in [0.3, 0.4) is 0 Å². The van der Waals surface area contributed by atoms with Crippen LogP contribution in [0.4, 0.5) is 24.7 Å². The summed E-state index contributed by atoms with van der Waals surface area (Å²) < 4.78 is 37.7. The van der Waals surface area contributed by atoms with E-state index in [2.05, 4.69) is 32.2 Å². The van der Waals surface area contributed by atoms with Gasteiger partial charge in [-0.1, -0.05) is 0 Å². The van der Waals surface area contributed by atoms with Crippen LogP contribution in [0, 0.1) is 0 Å². The Labute approximate surface area is 148 Å². The number of hydrogen-bond donors (Lipinski definition) is 1. The van der Waals surface area contributed by atoms with E-state index >= 15 is 0 Å². The predicted molar refractivity (Wildman–Crippen MR) is 90.2 cm³/mol. The zero-order chi connectivity index (χ0) is 18.7. The number of pyridine rings is 1. The van der Waals surface area contributed by atoms with Gasteiger partial charge in [0.1, 0.15) is 12.4 Å². The minimum atomic E-state index is -4.39. The van der Waals surface area contributed by atoms with Gasteiger partial charge in [-0.3, -0.25) is 9.48 Å². The molecule has 0 unspecified atom stereocenters. The van der Waals surface area contributed by atoms with E-state index < -0.39 is 18.6 Å². The van der Waals surface area contributed by atoms with E-state index in [0.717, 1.165) is 44.4 Å². The van der Waals surface area contributed by atoms with Crippen LogP contribution < -0.4 is 10.2 Å². The third-order valence-electron chi connectivity index (χ3n) is 4.07. The number of amides is 1. The number of likely N-dealkylation sites (N-methyl/N-ethyl adjacent to an activating group) is 1. The standard InChI is InChI=1S/C16H19F3N6O/c1-23-4-6-24(7-5-23)14-3-2-13(9-20-14)22-15(26)12-8-21-25(10-12)11-16(17,18)19/h2-3,8-10H,4-7,11H2,1H3,(H,22,26). The van der Waals surface area contributed by atoms with Crippen molar-refractivity contribution in [1.29, 1.82) is 0 Å². The minimum Gasteiger partial charge on any atom is -0.354 e. The Kier molecular flexibility index (Phi) is 5.12. The Balaban J connectivity index is 1.59. The van der Waals surface area contributed by atoms with Gasteiger partial charge in [0, 0.05) is 32.4 Å². The highest BCUT2D eigenvalue weighted by Gasteiger charge is 2.28. The van der Waals surface area contributed by atoms with E-state index in [9.17, 15) is 18.0 Å². The lowest BCUT2D eigenvalue weighted by atomic mass is 10.3. The third-order valence-corrected chi connectivity index (χ3v) is 4.07. The summed E-state index contributed by atoms with van der Waals surface area (Å²) in [6.07, 6.45) is -0.684. The number of carbonyl (C=O) groups is 1. The molecule has 2 aromatic rings. The van der Waals surface area contributed by atoms with Crippen LogP contribution >= 0.6 is 0 Å². The Bertz CT molecular complexity index is 750. The summed E-state index contributed by atoms with van der Waals surface area (Å²) in [4.78, 5) is 20.9. The second-order valence-corrected chi connectivity index (χ2v) is 6.19. The minimum absolute atomic E-state index is 0.0531. The molecule has 26 heavy (non-hydrogen) atoms. The monoisotopic (exact) mass is 368 g/mol. The highest BCUT2D eigenvalue weighted by atomic mass is 19.4. The molecule has 0 aliphatic carbocycles. The van der Waals surface area contributed by atoms with Crippen LogP contribution in [-0.4, -0.2) is 65.0 Å². The Morgan fingerprint density at radius 3 is 2.54 bits per heavy atom. The van der Waals surface area contributed by atoms with Crippen molar-refractivity contribution in [3.05, 3.63) is 36.3 Å². The van der Waals surface area contributed by atoms with Gasteiger partial charge in [-0.05, 0) is 19.2 Å². The summed E-state index contributed by atoms with van der Waals surface area (Å²) in [5.74, 6) is 0.293. The molecule has 0 radical (unpaired) electrons. The normalized spacial score (nSPS) is 15.9. The Morgan fingerprint density at radius 1 is 1.19 bits per heavy atom. The number of alkyl halides is 3. The average molecular weight is 368 g/mol. The van der Waals surface area contributed by atoms with E-state index in [1.165, 1.54) is 6.20 Å². The number of hydrogen-bond acceptors (Lipinski definition) is 5. The fourth-order valence-corrected chi connectivity index (χ4v) is 2.64. The smallest absolute Gasteiger partial charge is 0.354 e. The molecular weight excluding hydrogens is 349 g/mol. The maximum atomic E-state index is 12.3. The first-order valence-corrected chi connectivity index (χ1v) is 8.10. The number of piperazine rings is 1. The van der Waals surface area contributed by atoms with Gasteiger partial charge in [0.2, 0.25) is 0 Å². The van der Waals surface area contributed by atoms with Gasteiger partial charge in [-0.25, -0.2) is 4.98 Å². The SMILES string of the molecule is CN1CCN(c2ccc(NC(=O)c3cnn(CC(F)(F)F)c3)cn2)CC1. The molecule has 0 saturated carbocycles. The third kappa shape index (κ3) is 4.72. The van der Waals surface area contributed by atoms with Gasteiger partial charge >= 0.3 is 6.18 Å². The number of carbonyl (C=O) groups excluding carboxylic acids is 1. The van der Waals surface area contributed by atoms with Crippen LogP contribution in [0.1, 0.15) is 10.4 Å². The van der Waals surface area contributed by atoms with Crippen molar-refractivity contribution >= 4 is 17.4 Å². The first-order valence-electron chi connectivity index (χ1n) is 8.10. The molecule has 1 saturated heterocycles. The van der Waals surface area contributed by atoms with E-state index in [0.29, 0.717) is 10.4 Å². The van der Waals surface area contributed by atoms with Crippen molar-refractivity contribution < 1.29 is 18.0 Å². The highest BCUT2D eigenvalue weighted by Crippen LogP contribution is 2.18. The molecule has 7 nitrogen and oxygen atoms in total. The summed E-state index contributed by atoms with van der Waals surface area (Å²) in [6, 6.07) is 3.53. The maximum Gasteiger partial charge on any atom is 0.408 e. The zero-order valence-electron chi connectivity index (χ0n) is 14.2. The number of rotatable bonds is 4. The van der Waals surface area contributed by atoms with Gasteiger partial charge in [-0.15, -0.1) is 0 Å². The van der Waals surface area contributed by atoms with Gasteiger partial charge in [0.25, 0.3) is 5.91 Å². The van der Waals surface area contributed by atoms with Gasteiger partial charge in [-0.2, -0.15) is 18.3 Å². The number of nitrogens with zero attached hydrogens (tertiary/aromatic N) is 5. The first-order chi connectivity index (χ1) is 12.3. The van der Waals surface area contributed by atoms with Crippen molar-refractivity contribution in [3.63, 3.8) is 0 Å². The fraction of sp³-hybridized carbons (Fsp3) is 0.438. The van der Waals surface area contributed by atoms with E-state index in [1.807, 2.05) is 6.07 Å². The molecule has 10 heteroatoms. The molecule has 1 amide bonds. The molecule has 0 aromatic carbocycles. The van der Waals surface area contributed by atoms with Gasteiger partial charge in [0.15, 0.2) is 0 Å². The summed E-state index contributed by atoms with van der Waals surface area (Å²) >= 11 is 0. The van der Waals surface area contributed by atoms with E-state index in [-0.39, 0.29) is 5.56 Å². The van der Waals surface area contributed by atoms with Crippen LogP contribution in [0.2, 0.25) is 0 Å². The van der Waals surface area contributed by atoms with E-state index in [4.69, 9.17) is 0 Å². The molecule has 1 aliphatic rings. The predicted octanol–water partition coefficient (Wildman–Crippen LogP) is 1.84. The highest BCUT2D eigenvalue weighted by molar-refractivity contribution is 6.03. The van der Waals surface area contributed by atoms with Crippen LogP contribution in [-0.2, 0) is 6.54 Å². The van der Waals surface area contributed by atoms with Crippen LogP contribution in [0.25, 0.3) is 0 Å². The molecular formula is C16H19F3N6O. The lowest BCUT2D eigenvalue weighted by Gasteiger charge is -2.33. The molecule has 0 bridgehead atoms. The van der Waals surface area contributed by atoms with Crippen LogP contribution in [0.5, 0.6) is 0 Å². The van der Waals surface area contributed by atoms with Crippen molar-refractivity contribution in [2.45, 2.75) is 12.7 Å².